The van der Waals surface area contributed by atoms with Gasteiger partial charge in [-0.3, -0.25) is 9.59 Å². The van der Waals surface area contributed by atoms with Crippen molar-refractivity contribution in [3.63, 3.8) is 0 Å². The fraction of sp³-hybridized carbons (Fsp3) is 0.333. The second-order valence-electron chi connectivity index (χ2n) is 9.48. The van der Waals surface area contributed by atoms with Crippen LogP contribution in [0.4, 0.5) is 0 Å². The standard InChI is InChI=1S/C30H34N2O3S/c1-22-13-15-27(16-14-22)36-21-28(31-23(2)33)29(34)32-19-17-26(18-20-32)30(35,24-9-5-3-6-10-24)25-11-7-4-8-12-25/h3-16,26,28,35H,17-21H2,1-2H3,(H,31,33). The first-order chi connectivity index (χ1) is 17.4. The van der Waals surface area contributed by atoms with Gasteiger partial charge in [-0.25, -0.2) is 0 Å². The van der Waals surface area contributed by atoms with Gasteiger partial charge in [-0.15, -0.1) is 11.8 Å². The second kappa shape index (κ2) is 11.8. The van der Waals surface area contributed by atoms with E-state index in [9.17, 15) is 14.7 Å². The molecule has 0 spiro atoms. The number of nitrogens with zero attached hydrogens (tertiary/aromatic N) is 1. The number of hydrogen-bond acceptors (Lipinski definition) is 4. The number of hydrogen-bond donors (Lipinski definition) is 2. The van der Waals surface area contributed by atoms with Crippen molar-refractivity contribution in [2.75, 3.05) is 18.8 Å². The molecular weight excluding hydrogens is 468 g/mol. The van der Waals surface area contributed by atoms with Crippen molar-refractivity contribution in [3.8, 4) is 0 Å². The van der Waals surface area contributed by atoms with Crippen LogP contribution in [0.2, 0.25) is 0 Å². The third-order valence-electron chi connectivity index (χ3n) is 6.94. The highest BCUT2D eigenvalue weighted by Gasteiger charge is 2.42. The van der Waals surface area contributed by atoms with Crippen LogP contribution in [0.5, 0.6) is 0 Å². The summed E-state index contributed by atoms with van der Waals surface area (Å²) >= 11 is 1.57. The highest BCUT2D eigenvalue weighted by atomic mass is 32.2. The average Bonchev–Trinajstić information content (AvgIpc) is 2.92. The molecule has 0 aromatic heterocycles. The Morgan fingerprint density at radius 2 is 1.47 bits per heavy atom. The van der Waals surface area contributed by atoms with Crippen molar-refractivity contribution in [2.24, 2.45) is 5.92 Å². The van der Waals surface area contributed by atoms with Gasteiger partial charge in [0.15, 0.2) is 0 Å². The lowest BCUT2D eigenvalue weighted by Crippen LogP contribution is -2.53. The summed E-state index contributed by atoms with van der Waals surface area (Å²) in [6.07, 6.45) is 1.34. The van der Waals surface area contributed by atoms with Crippen molar-refractivity contribution in [3.05, 3.63) is 102 Å². The van der Waals surface area contributed by atoms with Crippen LogP contribution in [0, 0.1) is 12.8 Å². The van der Waals surface area contributed by atoms with Gasteiger partial charge in [0, 0.05) is 30.7 Å². The fourth-order valence-corrected chi connectivity index (χ4v) is 5.91. The number of aryl methyl sites for hydroxylation is 1. The largest absolute Gasteiger partial charge is 0.380 e. The minimum absolute atomic E-state index is 0.0347. The molecule has 2 N–H and O–H groups in total. The molecule has 3 aromatic rings. The minimum atomic E-state index is -1.13. The number of carbonyl (C=O) groups is 2. The van der Waals surface area contributed by atoms with Crippen LogP contribution in [0.3, 0.4) is 0 Å². The molecule has 1 aliphatic rings. The number of benzene rings is 3. The fourth-order valence-electron chi connectivity index (χ4n) is 4.99. The van der Waals surface area contributed by atoms with E-state index in [-0.39, 0.29) is 17.7 Å². The number of nitrogens with one attached hydrogen (secondary N) is 1. The van der Waals surface area contributed by atoms with E-state index in [1.54, 1.807) is 11.8 Å². The molecule has 36 heavy (non-hydrogen) atoms. The summed E-state index contributed by atoms with van der Waals surface area (Å²) in [5.74, 6) is 0.160. The summed E-state index contributed by atoms with van der Waals surface area (Å²) in [6, 6.07) is 27.2. The van der Waals surface area contributed by atoms with E-state index in [1.165, 1.54) is 12.5 Å². The maximum absolute atomic E-state index is 13.4. The smallest absolute Gasteiger partial charge is 0.246 e. The molecule has 3 aromatic carbocycles. The normalized spacial score (nSPS) is 15.4. The highest BCUT2D eigenvalue weighted by Crippen LogP contribution is 2.42. The summed E-state index contributed by atoms with van der Waals surface area (Å²) in [6.45, 7) is 4.56. The van der Waals surface area contributed by atoms with Gasteiger partial charge in [-0.05, 0) is 48.9 Å². The summed E-state index contributed by atoms with van der Waals surface area (Å²) in [4.78, 5) is 28.2. The molecule has 6 heteroatoms. The van der Waals surface area contributed by atoms with Crippen molar-refractivity contribution in [2.45, 2.75) is 43.2 Å². The van der Waals surface area contributed by atoms with Gasteiger partial charge in [0.05, 0.1) is 0 Å². The molecule has 0 saturated carbocycles. The number of amides is 2. The molecule has 0 bridgehead atoms. The Balaban J connectivity index is 1.46. The first-order valence-corrected chi connectivity index (χ1v) is 13.4. The van der Waals surface area contributed by atoms with E-state index in [2.05, 4.69) is 5.32 Å². The average molecular weight is 503 g/mol. The molecule has 0 radical (unpaired) electrons. The molecule has 0 aliphatic carbocycles. The minimum Gasteiger partial charge on any atom is -0.380 e. The molecule has 5 nitrogen and oxygen atoms in total. The van der Waals surface area contributed by atoms with Crippen LogP contribution in [0.1, 0.15) is 36.5 Å². The molecule has 188 valence electrons. The van der Waals surface area contributed by atoms with Crippen LogP contribution in [0.25, 0.3) is 0 Å². The summed E-state index contributed by atoms with van der Waals surface area (Å²) in [7, 11) is 0. The summed E-state index contributed by atoms with van der Waals surface area (Å²) < 4.78 is 0. The topological polar surface area (TPSA) is 69.6 Å². The first-order valence-electron chi connectivity index (χ1n) is 12.5. The molecule has 1 saturated heterocycles. The van der Waals surface area contributed by atoms with Crippen LogP contribution in [0.15, 0.2) is 89.8 Å². The lowest BCUT2D eigenvalue weighted by atomic mass is 9.72. The summed E-state index contributed by atoms with van der Waals surface area (Å²) in [5, 5.41) is 14.9. The zero-order chi connectivity index (χ0) is 25.5. The third-order valence-corrected chi connectivity index (χ3v) is 8.04. The van der Waals surface area contributed by atoms with Gasteiger partial charge in [-0.2, -0.15) is 0 Å². The van der Waals surface area contributed by atoms with Gasteiger partial charge < -0.3 is 15.3 Å². The van der Waals surface area contributed by atoms with Crippen molar-refractivity contribution in [1.82, 2.24) is 10.2 Å². The Kier molecular flexibility index (Phi) is 8.49. The molecule has 1 fully saturated rings. The van der Waals surface area contributed by atoms with Gasteiger partial charge >= 0.3 is 0 Å². The Labute approximate surface area is 217 Å². The first kappa shape index (κ1) is 26.0. The second-order valence-corrected chi connectivity index (χ2v) is 10.6. The van der Waals surface area contributed by atoms with Crippen LogP contribution in [-0.4, -0.2) is 46.7 Å². The van der Waals surface area contributed by atoms with Crippen LogP contribution >= 0.6 is 11.8 Å². The number of rotatable bonds is 8. The lowest BCUT2D eigenvalue weighted by Gasteiger charge is -2.43. The zero-order valence-electron chi connectivity index (χ0n) is 20.9. The van der Waals surface area contributed by atoms with Gasteiger partial charge in [0.2, 0.25) is 11.8 Å². The van der Waals surface area contributed by atoms with E-state index >= 15 is 0 Å². The molecule has 1 atom stereocenters. The molecule has 1 unspecified atom stereocenters. The SMILES string of the molecule is CC(=O)NC(CSc1ccc(C)cc1)C(=O)N1CCC(C(O)(c2ccccc2)c2ccccc2)CC1. The zero-order valence-corrected chi connectivity index (χ0v) is 21.7. The Morgan fingerprint density at radius 1 is 0.944 bits per heavy atom. The highest BCUT2D eigenvalue weighted by molar-refractivity contribution is 7.99. The number of aliphatic hydroxyl groups is 1. The van der Waals surface area contributed by atoms with E-state index in [0.717, 1.165) is 16.0 Å². The van der Waals surface area contributed by atoms with Gasteiger partial charge in [-0.1, -0.05) is 78.4 Å². The van der Waals surface area contributed by atoms with E-state index < -0.39 is 11.6 Å². The Bertz CT molecular complexity index is 1100. The number of thioether (sulfide) groups is 1. The molecule has 1 heterocycles. The molecule has 1 aliphatic heterocycles. The monoisotopic (exact) mass is 502 g/mol. The Morgan fingerprint density at radius 3 is 1.97 bits per heavy atom. The lowest BCUT2D eigenvalue weighted by molar-refractivity contribution is -0.137. The quantitative estimate of drug-likeness (QED) is 0.436. The van der Waals surface area contributed by atoms with E-state index in [4.69, 9.17) is 0 Å². The van der Waals surface area contributed by atoms with E-state index in [1.807, 2.05) is 96.8 Å². The molecule has 4 rings (SSSR count). The van der Waals surface area contributed by atoms with Crippen molar-refractivity contribution < 1.29 is 14.7 Å². The number of likely N-dealkylation sites (tertiary alicyclic amines) is 1. The number of piperidine rings is 1. The summed E-state index contributed by atoms with van der Waals surface area (Å²) in [5.41, 5.74) is 1.79. The molecular formula is C30H34N2O3S. The van der Waals surface area contributed by atoms with Gasteiger partial charge in [0.25, 0.3) is 0 Å². The van der Waals surface area contributed by atoms with Crippen LogP contribution < -0.4 is 5.32 Å². The predicted octanol–water partition coefficient (Wildman–Crippen LogP) is 4.77. The maximum atomic E-state index is 13.4. The Hall–Kier alpha value is -3.09. The van der Waals surface area contributed by atoms with E-state index in [0.29, 0.717) is 31.7 Å². The third kappa shape index (κ3) is 6.00. The van der Waals surface area contributed by atoms with Crippen LogP contribution in [-0.2, 0) is 15.2 Å². The predicted molar refractivity (Wildman–Crippen MR) is 145 cm³/mol. The van der Waals surface area contributed by atoms with Gasteiger partial charge in [0.1, 0.15) is 11.6 Å². The molecule has 2 amide bonds. The van der Waals surface area contributed by atoms with Crippen molar-refractivity contribution in [1.29, 1.82) is 0 Å². The van der Waals surface area contributed by atoms with Crippen molar-refractivity contribution >= 4 is 23.6 Å². The number of carbonyl (C=O) groups excluding carboxylic acids is 2. The maximum Gasteiger partial charge on any atom is 0.246 e.